The number of aryl methyl sites for hydroxylation is 6. The van der Waals surface area contributed by atoms with Crippen molar-refractivity contribution < 1.29 is 0 Å². The normalized spacial score (nSPS) is 15.4. The van der Waals surface area contributed by atoms with Gasteiger partial charge in [-0.15, -0.1) is 0 Å². The standard InChI is InChI=1S/2C24H22N4O2/c2*1-15-13-19-20-14-18(15)7-3-2-5-16-8-10-17(11-9-16)6-4-12-28(20)22-21(25-19)23(29)27-24(30)26-22/h2*2-3,8-11,13-14H,4-7,12H2,1H3,(H,27,29,30)/b3-2+;3-2-. The third kappa shape index (κ3) is 7.88. The maximum Gasteiger partial charge on any atom is 0.349 e. The summed E-state index contributed by atoms with van der Waals surface area (Å²) in [5.74, 6) is 0.697. The van der Waals surface area contributed by atoms with Crippen LogP contribution < -0.4 is 22.5 Å². The molecule has 0 atom stereocenters. The van der Waals surface area contributed by atoms with E-state index in [0.29, 0.717) is 24.7 Å². The summed E-state index contributed by atoms with van der Waals surface area (Å²) in [5, 5.41) is 0. The second-order valence-electron chi connectivity index (χ2n) is 15.7. The summed E-state index contributed by atoms with van der Waals surface area (Å²) in [4.78, 5) is 70.5. The van der Waals surface area contributed by atoms with Crippen LogP contribution in [0.15, 0.2) is 116 Å². The van der Waals surface area contributed by atoms with Crippen LogP contribution in [0.4, 0.5) is 0 Å². The van der Waals surface area contributed by atoms with Gasteiger partial charge in [-0.05, 0) is 134 Å². The molecule has 4 aromatic carbocycles. The van der Waals surface area contributed by atoms with Crippen molar-refractivity contribution in [3.8, 4) is 23.0 Å². The van der Waals surface area contributed by atoms with Gasteiger partial charge in [-0.3, -0.25) is 19.6 Å². The quantitative estimate of drug-likeness (QED) is 0.132. The van der Waals surface area contributed by atoms with E-state index in [-0.39, 0.29) is 11.4 Å². The first kappa shape index (κ1) is 38.4. The minimum atomic E-state index is -0.640. The molecule has 0 fully saturated rings. The number of rotatable bonds is 0. The average molecular weight is 797 g/mol. The fourth-order valence-electron chi connectivity index (χ4n) is 8.30. The van der Waals surface area contributed by atoms with Crippen molar-refractivity contribution in [2.45, 2.75) is 78.3 Å². The first-order valence-electron chi connectivity index (χ1n) is 20.5. The number of benzene rings is 4. The van der Waals surface area contributed by atoms with E-state index in [2.05, 4.69) is 129 Å². The molecule has 2 N–H and O–H groups in total. The van der Waals surface area contributed by atoms with Crippen LogP contribution in [-0.4, -0.2) is 39.0 Å². The lowest BCUT2D eigenvalue weighted by Gasteiger charge is -2.18. The lowest BCUT2D eigenvalue weighted by Crippen LogP contribution is -2.29. The average Bonchev–Trinajstić information content (AvgIpc) is 3.24. The minimum absolute atomic E-state index is 0.205. The van der Waals surface area contributed by atoms with Crippen LogP contribution in [-0.2, 0) is 51.6 Å². The highest BCUT2D eigenvalue weighted by Gasteiger charge is 2.21. The van der Waals surface area contributed by atoms with Crippen LogP contribution in [0.25, 0.3) is 45.1 Å². The third-order valence-corrected chi connectivity index (χ3v) is 11.6. The maximum atomic E-state index is 12.4. The second-order valence-corrected chi connectivity index (χ2v) is 15.7. The van der Waals surface area contributed by atoms with Crippen LogP contribution in [0.5, 0.6) is 0 Å². The predicted molar refractivity (Wildman–Crippen MR) is 234 cm³/mol. The van der Waals surface area contributed by atoms with E-state index in [1.807, 2.05) is 21.3 Å². The molecule has 0 spiro atoms. The van der Waals surface area contributed by atoms with E-state index < -0.39 is 22.5 Å². The Kier molecular flexibility index (Phi) is 10.4. The minimum Gasteiger partial charge on any atom is -0.322 e. The highest BCUT2D eigenvalue weighted by Crippen LogP contribution is 2.27. The highest BCUT2D eigenvalue weighted by atomic mass is 16.2. The molecule has 12 rings (SSSR count). The van der Waals surface area contributed by atoms with Crippen LogP contribution >= 0.6 is 0 Å². The topological polar surface area (TPSA) is 161 Å². The van der Waals surface area contributed by atoms with Crippen molar-refractivity contribution >= 4 is 22.1 Å². The van der Waals surface area contributed by atoms with Gasteiger partial charge in [-0.1, -0.05) is 72.8 Å². The summed E-state index contributed by atoms with van der Waals surface area (Å²) in [6, 6.07) is 25.7. The molecule has 8 heterocycles. The number of hydrogen-bond donors (Lipinski definition) is 2. The number of nitrogens with zero attached hydrogens (tertiary/aromatic N) is 6. The Morgan fingerprint density at radius 1 is 0.483 bits per heavy atom. The molecule has 12 nitrogen and oxygen atoms in total. The summed E-state index contributed by atoms with van der Waals surface area (Å²) in [7, 11) is 0. The predicted octanol–water partition coefficient (Wildman–Crippen LogP) is 6.36. The van der Waals surface area contributed by atoms with Gasteiger partial charge in [-0.2, -0.15) is 9.97 Å². The van der Waals surface area contributed by atoms with Gasteiger partial charge in [-0.25, -0.2) is 19.6 Å². The van der Waals surface area contributed by atoms with Crippen molar-refractivity contribution in [1.29, 1.82) is 0 Å². The van der Waals surface area contributed by atoms with E-state index >= 15 is 0 Å². The number of nitrogens with one attached hydrogen (secondary N) is 2. The summed E-state index contributed by atoms with van der Waals surface area (Å²) in [5.41, 5.74) is 11.2. The summed E-state index contributed by atoms with van der Waals surface area (Å²) >= 11 is 0. The van der Waals surface area contributed by atoms with Gasteiger partial charge in [0.1, 0.15) is 0 Å². The molecule has 0 amide bonds. The number of aromatic nitrogens is 8. The molecule has 60 heavy (non-hydrogen) atoms. The van der Waals surface area contributed by atoms with E-state index in [1.165, 1.54) is 33.4 Å². The van der Waals surface area contributed by atoms with Gasteiger partial charge < -0.3 is 9.13 Å². The molecule has 12 heteroatoms. The van der Waals surface area contributed by atoms with Gasteiger partial charge >= 0.3 is 11.4 Å². The molecule has 0 aliphatic carbocycles. The maximum absolute atomic E-state index is 12.4. The monoisotopic (exact) mass is 796 g/mol. The van der Waals surface area contributed by atoms with Crippen molar-refractivity contribution in [1.82, 2.24) is 39.0 Å². The van der Waals surface area contributed by atoms with Crippen LogP contribution in [0, 0.1) is 13.8 Å². The fourth-order valence-corrected chi connectivity index (χ4v) is 8.30. The van der Waals surface area contributed by atoms with Crippen molar-refractivity contribution in [2.24, 2.45) is 0 Å². The fraction of sp³-hybridized carbons (Fsp3) is 0.250. The van der Waals surface area contributed by atoms with Gasteiger partial charge in [0.2, 0.25) is 0 Å². The van der Waals surface area contributed by atoms with E-state index in [4.69, 9.17) is 0 Å². The Balaban J connectivity index is 0.000000154. The zero-order chi connectivity index (χ0) is 41.3. The Morgan fingerprint density at radius 3 is 1.28 bits per heavy atom. The SMILES string of the molecule is Cc1cc2nc3c(=O)[nH]c(=O)nc-3n3c2cc1C/C=C/Cc1ccc(cc1)CCC3.Cc1cc2nc3c(=O)[nH]c(=O)nc-3n3c2cc1C/C=C\Cc1ccc(cc1)CCC3. The Labute approximate surface area is 344 Å². The summed E-state index contributed by atoms with van der Waals surface area (Å²) in [6.45, 7) is 5.42. The molecule has 0 saturated carbocycles. The molecule has 300 valence electrons. The van der Waals surface area contributed by atoms with Crippen molar-refractivity contribution in [2.75, 3.05) is 0 Å². The van der Waals surface area contributed by atoms with Gasteiger partial charge in [0.15, 0.2) is 23.0 Å². The van der Waals surface area contributed by atoms with Gasteiger partial charge in [0.25, 0.3) is 11.1 Å². The molecule has 8 aliphatic heterocycles. The van der Waals surface area contributed by atoms with Crippen molar-refractivity contribution in [3.63, 3.8) is 0 Å². The van der Waals surface area contributed by atoms with E-state index in [9.17, 15) is 19.2 Å². The molecule has 0 radical (unpaired) electrons. The molecule has 0 saturated heterocycles. The first-order chi connectivity index (χ1) is 29.2. The van der Waals surface area contributed by atoms with Crippen LogP contribution in [0.3, 0.4) is 0 Å². The second kappa shape index (κ2) is 16.3. The molecular formula is C48H44N8O4. The van der Waals surface area contributed by atoms with Gasteiger partial charge in [0.05, 0.1) is 22.1 Å². The number of hydrogen-bond acceptors (Lipinski definition) is 8. The number of aromatic amines is 2. The third-order valence-electron chi connectivity index (χ3n) is 11.6. The van der Waals surface area contributed by atoms with E-state index in [0.717, 1.165) is 84.6 Å². The Morgan fingerprint density at radius 2 is 0.867 bits per heavy atom. The van der Waals surface area contributed by atoms with Crippen molar-refractivity contribution in [3.05, 3.63) is 183 Å². The van der Waals surface area contributed by atoms with Gasteiger partial charge in [0, 0.05) is 13.1 Å². The van der Waals surface area contributed by atoms with E-state index in [1.54, 1.807) is 0 Å². The smallest absolute Gasteiger partial charge is 0.322 e. The highest BCUT2D eigenvalue weighted by molar-refractivity contribution is 5.82. The zero-order valence-electron chi connectivity index (χ0n) is 33.6. The molecule has 0 unspecified atom stereocenters. The summed E-state index contributed by atoms with van der Waals surface area (Å²) < 4.78 is 3.96. The molecule has 8 bridgehead atoms. The van der Waals surface area contributed by atoms with Crippen LogP contribution in [0.2, 0.25) is 0 Å². The lowest BCUT2D eigenvalue weighted by molar-refractivity contribution is 0.648. The molecule has 0 aromatic heterocycles. The summed E-state index contributed by atoms with van der Waals surface area (Å²) in [6.07, 6.45) is 15.8. The Hall–Kier alpha value is -7.08. The largest absolute Gasteiger partial charge is 0.349 e. The zero-order valence-corrected chi connectivity index (χ0v) is 33.6. The van der Waals surface area contributed by atoms with Crippen LogP contribution in [0.1, 0.15) is 57.3 Å². The molecule has 4 aromatic rings. The molecular weight excluding hydrogens is 753 g/mol. The number of fused-ring (bicyclic) bond motifs is 14. The number of allylic oxidation sites excluding steroid dienone is 4. The lowest BCUT2D eigenvalue weighted by atomic mass is 10.0. The first-order valence-corrected chi connectivity index (χ1v) is 20.5. The molecule has 8 aliphatic rings. The number of H-pyrrole nitrogens is 2. The Bertz CT molecular complexity index is 2940.